The predicted molar refractivity (Wildman–Crippen MR) is 98.6 cm³/mol. The molecule has 1 unspecified atom stereocenters. The maximum absolute atomic E-state index is 14.0. The van der Waals surface area contributed by atoms with Crippen LogP contribution >= 0.6 is 35.0 Å². The minimum atomic E-state index is -0.187. The molecule has 2 aromatic rings. The van der Waals surface area contributed by atoms with Crippen LogP contribution in [-0.4, -0.2) is 29.6 Å². The summed E-state index contributed by atoms with van der Waals surface area (Å²) in [5.74, 6) is 0.438. The van der Waals surface area contributed by atoms with Crippen molar-refractivity contribution in [3.63, 3.8) is 0 Å². The van der Waals surface area contributed by atoms with Crippen LogP contribution in [-0.2, 0) is 0 Å². The van der Waals surface area contributed by atoms with Crippen LogP contribution in [0, 0.1) is 5.82 Å². The van der Waals surface area contributed by atoms with Gasteiger partial charge in [-0.3, -0.25) is 4.79 Å². The molecule has 1 fully saturated rings. The maximum atomic E-state index is 14.0. The summed E-state index contributed by atoms with van der Waals surface area (Å²) in [5.41, 5.74) is 1.12. The monoisotopic (exact) mass is 383 g/mol. The summed E-state index contributed by atoms with van der Waals surface area (Å²) < 4.78 is 14.0. The summed E-state index contributed by atoms with van der Waals surface area (Å²) in [4.78, 5) is 14.5. The quantitative estimate of drug-likeness (QED) is 0.686. The third-order valence-corrected chi connectivity index (χ3v) is 5.91. The molecule has 1 aliphatic heterocycles. The number of thioether (sulfide) groups is 1. The van der Waals surface area contributed by atoms with Gasteiger partial charge in [0.15, 0.2) is 0 Å². The largest absolute Gasteiger partial charge is 0.338 e. The third-order valence-electron chi connectivity index (χ3n) is 4.04. The Balaban J connectivity index is 1.75. The molecule has 0 N–H and O–H groups in total. The zero-order valence-electron chi connectivity index (χ0n) is 12.8. The van der Waals surface area contributed by atoms with Gasteiger partial charge in [0, 0.05) is 34.7 Å². The van der Waals surface area contributed by atoms with Crippen LogP contribution in [0.25, 0.3) is 0 Å². The van der Waals surface area contributed by atoms with E-state index in [0.717, 1.165) is 5.75 Å². The molecule has 0 spiro atoms. The number of carbonyl (C=O) groups excluding carboxylic acids is 1. The minimum Gasteiger partial charge on any atom is -0.338 e. The van der Waals surface area contributed by atoms with E-state index in [0.29, 0.717) is 40.7 Å². The van der Waals surface area contributed by atoms with Gasteiger partial charge in [-0.25, -0.2) is 4.39 Å². The van der Waals surface area contributed by atoms with Crippen LogP contribution in [0.1, 0.15) is 27.6 Å². The van der Waals surface area contributed by atoms with E-state index in [1.54, 1.807) is 40.9 Å². The fraction of sp³-hybridized carbons (Fsp3) is 0.278. The lowest BCUT2D eigenvalue weighted by Gasteiger charge is -2.21. The van der Waals surface area contributed by atoms with Gasteiger partial charge in [-0.05, 0) is 30.7 Å². The molecule has 24 heavy (non-hydrogen) atoms. The van der Waals surface area contributed by atoms with E-state index in [-0.39, 0.29) is 17.0 Å². The topological polar surface area (TPSA) is 20.3 Å². The van der Waals surface area contributed by atoms with E-state index in [2.05, 4.69) is 0 Å². The summed E-state index contributed by atoms with van der Waals surface area (Å²) in [6.07, 6.45) is 0.704. The second-order valence-corrected chi connectivity index (χ2v) is 7.74. The molecule has 3 rings (SSSR count). The molecular weight excluding hydrogens is 368 g/mol. The van der Waals surface area contributed by atoms with Crippen molar-refractivity contribution in [2.24, 2.45) is 0 Å². The molecule has 1 saturated heterocycles. The highest BCUT2D eigenvalue weighted by Crippen LogP contribution is 2.36. The SMILES string of the molecule is O=C(c1cc(Cl)ccc1Cl)N1CCSC(c2ccccc2F)CC1. The average Bonchev–Trinajstić information content (AvgIpc) is 2.83. The summed E-state index contributed by atoms with van der Waals surface area (Å²) in [6.45, 7) is 1.17. The van der Waals surface area contributed by atoms with Crippen molar-refractivity contribution in [1.82, 2.24) is 4.90 Å². The minimum absolute atomic E-state index is 0.0545. The van der Waals surface area contributed by atoms with Gasteiger partial charge in [-0.15, -0.1) is 0 Å². The first-order chi connectivity index (χ1) is 11.6. The normalized spacial score (nSPS) is 18.3. The zero-order chi connectivity index (χ0) is 17.1. The van der Waals surface area contributed by atoms with Gasteiger partial charge in [-0.2, -0.15) is 11.8 Å². The van der Waals surface area contributed by atoms with Crippen LogP contribution in [0.3, 0.4) is 0 Å². The Hall–Kier alpha value is -1.23. The highest BCUT2D eigenvalue weighted by Gasteiger charge is 2.25. The summed E-state index contributed by atoms with van der Waals surface area (Å²) in [6, 6.07) is 11.7. The number of benzene rings is 2. The fourth-order valence-electron chi connectivity index (χ4n) is 2.79. The predicted octanol–water partition coefficient (Wildman–Crippen LogP) is 5.45. The highest BCUT2D eigenvalue weighted by atomic mass is 35.5. The number of hydrogen-bond donors (Lipinski definition) is 0. The fourth-order valence-corrected chi connectivity index (χ4v) is 4.41. The molecule has 1 atom stereocenters. The Kier molecular flexibility index (Phi) is 5.69. The lowest BCUT2D eigenvalue weighted by atomic mass is 10.1. The van der Waals surface area contributed by atoms with E-state index in [4.69, 9.17) is 23.2 Å². The molecule has 6 heteroatoms. The standard InChI is InChI=1S/C18H16Cl2FNOS/c19-12-5-6-15(20)14(11-12)18(23)22-8-7-17(24-10-9-22)13-3-1-2-4-16(13)21/h1-6,11,17H,7-10H2. The molecule has 0 aliphatic carbocycles. The number of carbonyl (C=O) groups is 1. The number of amides is 1. The molecule has 0 aromatic heterocycles. The van der Waals surface area contributed by atoms with Crippen molar-refractivity contribution in [3.05, 3.63) is 69.5 Å². The van der Waals surface area contributed by atoms with E-state index >= 15 is 0 Å². The first-order valence-corrected chi connectivity index (χ1v) is 9.47. The van der Waals surface area contributed by atoms with Crippen LogP contribution < -0.4 is 0 Å². The van der Waals surface area contributed by atoms with Crippen molar-refractivity contribution in [2.75, 3.05) is 18.8 Å². The maximum Gasteiger partial charge on any atom is 0.255 e. The van der Waals surface area contributed by atoms with Crippen molar-refractivity contribution in [2.45, 2.75) is 11.7 Å². The Morgan fingerprint density at radius 3 is 2.75 bits per heavy atom. The smallest absolute Gasteiger partial charge is 0.255 e. The second-order valence-electron chi connectivity index (χ2n) is 5.59. The number of halogens is 3. The van der Waals surface area contributed by atoms with Crippen molar-refractivity contribution < 1.29 is 9.18 Å². The second kappa shape index (κ2) is 7.77. The molecule has 2 nitrogen and oxygen atoms in total. The Morgan fingerprint density at radius 2 is 1.96 bits per heavy atom. The number of rotatable bonds is 2. The van der Waals surface area contributed by atoms with Gasteiger partial charge >= 0.3 is 0 Å². The molecule has 1 heterocycles. The van der Waals surface area contributed by atoms with Crippen LogP contribution in [0.15, 0.2) is 42.5 Å². The molecule has 0 bridgehead atoms. The van der Waals surface area contributed by atoms with Crippen molar-refractivity contribution in [3.8, 4) is 0 Å². The molecule has 0 radical (unpaired) electrons. The van der Waals surface area contributed by atoms with Gasteiger partial charge in [0.05, 0.1) is 10.6 Å². The molecule has 1 amide bonds. The van der Waals surface area contributed by atoms with Crippen LogP contribution in [0.4, 0.5) is 4.39 Å². The van der Waals surface area contributed by atoms with Gasteiger partial charge in [0.2, 0.25) is 0 Å². The zero-order valence-corrected chi connectivity index (χ0v) is 15.2. The Bertz CT molecular complexity index is 756. The van der Waals surface area contributed by atoms with E-state index in [1.165, 1.54) is 6.07 Å². The van der Waals surface area contributed by atoms with Crippen molar-refractivity contribution >= 4 is 40.9 Å². The van der Waals surface area contributed by atoms with Crippen molar-refractivity contribution in [1.29, 1.82) is 0 Å². The first-order valence-electron chi connectivity index (χ1n) is 7.66. The first kappa shape index (κ1) is 17.6. The highest BCUT2D eigenvalue weighted by molar-refractivity contribution is 7.99. The van der Waals surface area contributed by atoms with E-state index in [1.807, 2.05) is 12.1 Å². The Labute approximate surface area is 154 Å². The average molecular weight is 384 g/mol. The molecule has 1 aliphatic rings. The van der Waals surface area contributed by atoms with Crippen LogP contribution in [0.5, 0.6) is 0 Å². The lowest BCUT2D eigenvalue weighted by molar-refractivity contribution is 0.0766. The summed E-state index contributed by atoms with van der Waals surface area (Å²) >= 11 is 13.8. The summed E-state index contributed by atoms with van der Waals surface area (Å²) in [7, 11) is 0. The molecular formula is C18H16Cl2FNOS. The lowest BCUT2D eigenvalue weighted by Crippen LogP contribution is -2.33. The van der Waals surface area contributed by atoms with Gasteiger partial charge in [0.25, 0.3) is 5.91 Å². The molecule has 2 aromatic carbocycles. The van der Waals surface area contributed by atoms with Crippen LogP contribution in [0.2, 0.25) is 10.0 Å². The molecule has 0 saturated carbocycles. The Morgan fingerprint density at radius 1 is 1.17 bits per heavy atom. The van der Waals surface area contributed by atoms with E-state index in [9.17, 15) is 9.18 Å². The van der Waals surface area contributed by atoms with E-state index < -0.39 is 0 Å². The number of hydrogen-bond acceptors (Lipinski definition) is 2. The van der Waals surface area contributed by atoms with Gasteiger partial charge in [-0.1, -0.05) is 41.4 Å². The summed E-state index contributed by atoms with van der Waals surface area (Å²) in [5, 5.41) is 0.932. The van der Waals surface area contributed by atoms with Gasteiger partial charge < -0.3 is 4.90 Å². The third kappa shape index (κ3) is 3.88. The van der Waals surface area contributed by atoms with Gasteiger partial charge in [0.1, 0.15) is 5.82 Å². The number of nitrogens with zero attached hydrogens (tertiary/aromatic N) is 1. The molecule has 126 valence electrons.